The molecule has 0 saturated carbocycles. The molecule has 0 bridgehead atoms. The third kappa shape index (κ3) is 9.85. The lowest BCUT2D eigenvalue weighted by Gasteiger charge is -2.13. The van der Waals surface area contributed by atoms with Crippen molar-refractivity contribution in [1.82, 2.24) is 0 Å². The summed E-state index contributed by atoms with van der Waals surface area (Å²) in [6.07, 6.45) is 6.31. The molecule has 3 aromatic carbocycles. The number of carbonyl (C=O) groups is 2. The SMILES string of the molecule is CCCCCC[C@H](C)OC(=O)c1ccc(-c2ccc(-c3ccc(C(=O)OC[C@H](Cl)CC(C)C)cc3)cc2)cc1. The first kappa shape index (κ1) is 30.4. The van der Waals surface area contributed by atoms with Crippen molar-refractivity contribution in [2.45, 2.75) is 77.7 Å². The Bertz CT molecular complexity index is 1170. The Morgan fingerprint density at radius 2 is 1.15 bits per heavy atom. The number of benzene rings is 3. The van der Waals surface area contributed by atoms with Crippen LogP contribution in [0.3, 0.4) is 0 Å². The van der Waals surface area contributed by atoms with Crippen molar-refractivity contribution >= 4 is 23.5 Å². The van der Waals surface area contributed by atoms with Gasteiger partial charge in [-0.25, -0.2) is 9.59 Å². The quantitative estimate of drug-likeness (QED) is 0.114. The summed E-state index contributed by atoms with van der Waals surface area (Å²) in [5, 5.41) is -0.175. The Morgan fingerprint density at radius 3 is 1.62 bits per heavy atom. The van der Waals surface area contributed by atoms with Crippen LogP contribution in [0.1, 0.15) is 86.9 Å². The fraction of sp³-hybridized carbons (Fsp3) is 0.412. The van der Waals surface area contributed by atoms with E-state index in [4.69, 9.17) is 21.1 Å². The second kappa shape index (κ2) is 15.5. The summed E-state index contributed by atoms with van der Waals surface area (Å²) in [5.41, 5.74) is 5.21. The zero-order valence-corrected chi connectivity index (χ0v) is 24.4. The van der Waals surface area contributed by atoms with Crippen LogP contribution in [0.15, 0.2) is 72.8 Å². The summed E-state index contributed by atoms with van der Waals surface area (Å²) in [6, 6.07) is 23.1. The first-order chi connectivity index (χ1) is 18.8. The number of carbonyl (C=O) groups excluding carboxylic acids is 2. The summed E-state index contributed by atoms with van der Waals surface area (Å²) >= 11 is 6.23. The van der Waals surface area contributed by atoms with Gasteiger partial charge in [0.25, 0.3) is 0 Å². The van der Waals surface area contributed by atoms with Crippen molar-refractivity contribution in [2.75, 3.05) is 6.61 Å². The maximum absolute atomic E-state index is 12.5. The molecule has 2 atom stereocenters. The molecule has 0 heterocycles. The molecule has 0 saturated heterocycles. The molecule has 39 heavy (non-hydrogen) atoms. The highest BCUT2D eigenvalue weighted by molar-refractivity contribution is 6.20. The Hall–Kier alpha value is -3.11. The lowest BCUT2D eigenvalue weighted by Crippen LogP contribution is -2.16. The van der Waals surface area contributed by atoms with Crippen LogP contribution in [0.25, 0.3) is 22.3 Å². The van der Waals surface area contributed by atoms with Gasteiger partial charge in [0.15, 0.2) is 0 Å². The van der Waals surface area contributed by atoms with Gasteiger partial charge in [-0.3, -0.25) is 0 Å². The van der Waals surface area contributed by atoms with Gasteiger partial charge in [0.2, 0.25) is 0 Å². The van der Waals surface area contributed by atoms with E-state index in [0.29, 0.717) is 17.0 Å². The fourth-order valence-corrected chi connectivity index (χ4v) is 4.87. The van der Waals surface area contributed by atoms with E-state index < -0.39 is 0 Å². The van der Waals surface area contributed by atoms with Crippen LogP contribution in [0, 0.1) is 5.92 Å². The molecule has 0 radical (unpaired) electrons. The molecular weight excluding hydrogens is 508 g/mol. The van der Waals surface area contributed by atoms with E-state index in [1.807, 2.05) is 43.3 Å². The second-order valence-electron chi connectivity index (χ2n) is 10.6. The molecule has 0 aliphatic carbocycles. The first-order valence-electron chi connectivity index (χ1n) is 14.1. The van der Waals surface area contributed by atoms with Gasteiger partial charge in [-0.05, 0) is 78.6 Å². The Labute approximate surface area is 238 Å². The van der Waals surface area contributed by atoms with Gasteiger partial charge in [-0.15, -0.1) is 11.6 Å². The molecule has 0 N–H and O–H groups in total. The molecule has 5 heteroatoms. The summed E-state index contributed by atoms with van der Waals surface area (Å²) in [4.78, 5) is 24.9. The van der Waals surface area contributed by atoms with Gasteiger partial charge < -0.3 is 9.47 Å². The Morgan fingerprint density at radius 1 is 0.692 bits per heavy atom. The molecule has 208 valence electrons. The van der Waals surface area contributed by atoms with Crippen LogP contribution in [0.2, 0.25) is 0 Å². The molecule has 0 spiro atoms. The monoisotopic (exact) mass is 548 g/mol. The number of esters is 2. The van der Waals surface area contributed by atoms with E-state index >= 15 is 0 Å². The number of hydrogen-bond donors (Lipinski definition) is 0. The third-order valence-electron chi connectivity index (χ3n) is 6.69. The highest BCUT2D eigenvalue weighted by Crippen LogP contribution is 2.26. The summed E-state index contributed by atoms with van der Waals surface area (Å²) in [7, 11) is 0. The standard InChI is InChI=1S/C34H41ClO4/c1-5-6-7-8-9-25(4)39-34(37)31-20-16-29(17-21-31)27-12-10-26(11-13-27)28-14-18-30(19-15-28)33(36)38-23-32(35)22-24(2)3/h10-21,24-25,32H,5-9,22-23H2,1-4H3/t25-,32+/m0/s1. The van der Waals surface area contributed by atoms with Gasteiger partial charge in [-0.2, -0.15) is 0 Å². The van der Waals surface area contributed by atoms with Gasteiger partial charge in [0, 0.05) is 0 Å². The third-order valence-corrected chi connectivity index (χ3v) is 6.99. The lowest BCUT2D eigenvalue weighted by molar-refractivity contribution is 0.0319. The average molecular weight is 549 g/mol. The molecule has 0 amide bonds. The smallest absolute Gasteiger partial charge is 0.338 e. The zero-order chi connectivity index (χ0) is 28.2. The first-order valence-corrected chi connectivity index (χ1v) is 14.5. The van der Waals surface area contributed by atoms with Crippen molar-refractivity contribution in [1.29, 1.82) is 0 Å². The topological polar surface area (TPSA) is 52.6 Å². The highest BCUT2D eigenvalue weighted by atomic mass is 35.5. The molecule has 0 fully saturated rings. The summed E-state index contributed by atoms with van der Waals surface area (Å²) < 4.78 is 11.0. The minimum absolute atomic E-state index is 0.0750. The van der Waals surface area contributed by atoms with E-state index in [1.165, 1.54) is 19.3 Å². The molecule has 0 aliphatic heterocycles. The predicted molar refractivity (Wildman–Crippen MR) is 160 cm³/mol. The largest absolute Gasteiger partial charge is 0.461 e. The normalized spacial score (nSPS) is 12.7. The van der Waals surface area contributed by atoms with Crippen LogP contribution < -0.4 is 0 Å². The van der Waals surface area contributed by atoms with Crippen molar-refractivity contribution in [3.63, 3.8) is 0 Å². The van der Waals surface area contributed by atoms with Crippen LogP contribution >= 0.6 is 11.6 Å². The lowest BCUT2D eigenvalue weighted by atomic mass is 9.99. The maximum Gasteiger partial charge on any atom is 0.338 e. The van der Waals surface area contributed by atoms with Gasteiger partial charge in [-0.1, -0.05) is 88.6 Å². The Kier molecular flexibility index (Phi) is 12.1. The number of alkyl halides is 1. The van der Waals surface area contributed by atoms with Gasteiger partial charge in [0.1, 0.15) is 6.61 Å². The number of hydrogen-bond acceptors (Lipinski definition) is 4. The second-order valence-corrected chi connectivity index (χ2v) is 11.2. The van der Waals surface area contributed by atoms with Gasteiger partial charge >= 0.3 is 11.9 Å². The maximum atomic E-state index is 12.5. The van der Waals surface area contributed by atoms with Crippen molar-refractivity contribution in [3.05, 3.63) is 83.9 Å². The molecule has 3 rings (SSSR count). The van der Waals surface area contributed by atoms with Crippen molar-refractivity contribution in [2.24, 2.45) is 5.92 Å². The molecule has 0 aliphatic rings. The zero-order valence-electron chi connectivity index (χ0n) is 23.6. The van der Waals surface area contributed by atoms with Crippen LogP contribution in [0.5, 0.6) is 0 Å². The predicted octanol–water partition coefficient (Wildman–Crippen LogP) is 9.35. The number of ether oxygens (including phenoxy) is 2. The molecule has 3 aromatic rings. The molecular formula is C34H41ClO4. The van der Waals surface area contributed by atoms with Crippen LogP contribution in [-0.4, -0.2) is 30.0 Å². The van der Waals surface area contributed by atoms with E-state index in [-0.39, 0.29) is 30.0 Å². The van der Waals surface area contributed by atoms with E-state index in [1.54, 1.807) is 12.1 Å². The van der Waals surface area contributed by atoms with Crippen molar-refractivity contribution in [3.8, 4) is 22.3 Å². The van der Waals surface area contributed by atoms with E-state index in [9.17, 15) is 9.59 Å². The number of unbranched alkanes of at least 4 members (excludes halogenated alkanes) is 3. The molecule has 0 unspecified atom stereocenters. The number of rotatable bonds is 14. The molecule has 4 nitrogen and oxygen atoms in total. The highest BCUT2D eigenvalue weighted by Gasteiger charge is 2.14. The summed E-state index contributed by atoms with van der Waals surface area (Å²) in [6.45, 7) is 8.55. The minimum Gasteiger partial charge on any atom is -0.461 e. The fourth-order valence-electron chi connectivity index (χ4n) is 4.45. The van der Waals surface area contributed by atoms with Crippen LogP contribution in [-0.2, 0) is 9.47 Å². The van der Waals surface area contributed by atoms with Crippen molar-refractivity contribution < 1.29 is 19.1 Å². The molecule has 0 aromatic heterocycles. The Balaban J connectivity index is 1.55. The minimum atomic E-state index is -0.361. The van der Waals surface area contributed by atoms with Gasteiger partial charge in [0.05, 0.1) is 22.6 Å². The summed E-state index contributed by atoms with van der Waals surface area (Å²) in [5.74, 6) is -0.177. The average Bonchev–Trinajstić information content (AvgIpc) is 2.94. The van der Waals surface area contributed by atoms with E-state index in [0.717, 1.165) is 41.5 Å². The van der Waals surface area contributed by atoms with Crippen LogP contribution in [0.4, 0.5) is 0 Å². The number of halogens is 1. The van der Waals surface area contributed by atoms with E-state index in [2.05, 4.69) is 45.0 Å².